The molecule has 110 valence electrons. The molecule has 2 nitrogen and oxygen atoms in total. The highest BCUT2D eigenvalue weighted by atomic mass is 15.4. The van der Waals surface area contributed by atoms with Gasteiger partial charge < -0.3 is 9.80 Å². The molecule has 0 unspecified atom stereocenters. The molecular formula is C19H24N2. The lowest BCUT2D eigenvalue weighted by Crippen LogP contribution is -2.33. The van der Waals surface area contributed by atoms with Crippen LogP contribution in [0.3, 0.4) is 0 Å². The van der Waals surface area contributed by atoms with Crippen molar-refractivity contribution in [1.82, 2.24) is 0 Å². The van der Waals surface area contributed by atoms with E-state index < -0.39 is 0 Å². The number of benzene rings is 2. The van der Waals surface area contributed by atoms with Crippen LogP contribution in [-0.2, 0) is 0 Å². The summed E-state index contributed by atoms with van der Waals surface area (Å²) in [7, 11) is 0. The summed E-state index contributed by atoms with van der Waals surface area (Å²) in [5, 5.41) is 0. The van der Waals surface area contributed by atoms with Gasteiger partial charge in [0.25, 0.3) is 0 Å². The highest BCUT2D eigenvalue weighted by Crippen LogP contribution is 2.41. The van der Waals surface area contributed by atoms with Crippen molar-refractivity contribution in [3.05, 3.63) is 54.1 Å². The topological polar surface area (TPSA) is 6.48 Å². The Morgan fingerprint density at radius 1 is 0.810 bits per heavy atom. The van der Waals surface area contributed by atoms with Crippen LogP contribution in [0.25, 0.3) is 0 Å². The summed E-state index contributed by atoms with van der Waals surface area (Å²) < 4.78 is 0. The molecular weight excluding hydrogens is 256 g/mol. The Morgan fingerprint density at radius 2 is 1.43 bits per heavy atom. The highest BCUT2D eigenvalue weighted by molar-refractivity contribution is 5.82. The normalized spacial score (nSPS) is 14.2. The Hall–Kier alpha value is -1.96. The second-order valence-corrected chi connectivity index (χ2v) is 6.37. The highest BCUT2D eigenvalue weighted by Gasteiger charge is 2.27. The van der Waals surface area contributed by atoms with E-state index in [0.717, 1.165) is 6.67 Å². The standard InChI is InChI=1S/C19H24N2/c1-14(2)16-9-11-17(12-10-16)21-13-20(15(3)4)18-7-5-6-8-19(18)21/h5-12,14-15H,13H2,1-4H3. The molecule has 0 fully saturated rings. The van der Waals surface area contributed by atoms with Crippen LogP contribution in [0.1, 0.15) is 39.2 Å². The average molecular weight is 280 g/mol. The van der Waals surface area contributed by atoms with Crippen LogP contribution in [0, 0.1) is 0 Å². The Labute approximate surface area is 128 Å². The number of hydrogen-bond donors (Lipinski definition) is 0. The minimum Gasteiger partial charge on any atom is -0.349 e. The predicted molar refractivity (Wildman–Crippen MR) is 91.6 cm³/mol. The minimum absolute atomic E-state index is 0.506. The molecule has 0 aromatic heterocycles. The average Bonchev–Trinajstić information content (AvgIpc) is 2.87. The summed E-state index contributed by atoms with van der Waals surface area (Å²) in [6.07, 6.45) is 0. The first-order chi connectivity index (χ1) is 10.1. The van der Waals surface area contributed by atoms with Crippen molar-refractivity contribution >= 4 is 17.1 Å². The van der Waals surface area contributed by atoms with E-state index in [1.807, 2.05) is 0 Å². The fraction of sp³-hybridized carbons (Fsp3) is 0.368. The first-order valence-corrected chi connectivity index (χ1v) is 7.81. The molecule has 0 atom stereocenters. The maximum absolute atomic E-state index is 2.45. The van der Waals surface area contributed by atoms with Gasteiger partial charge in [0.2, 0.25) is 0 Å². The fourth-order valence-corrected chi connectivity index (χ4v) is 2.94. The third-order valence-corrected chi connectivity index (χ3v) is 4.27. The van der Waals surface area contributed by atoms with Gasteiger partial charge in [-0.3, -0.25) is 0 Å². The van der Waals surface area contributed by atoms with E-state index in [0.29, 0.717) is 12.0 Å². The molecule has 0 amide bonds. The van der Waals surface area contributed by atoms with Gasteiger partial charge in [-0.15, -0.1) is 0 Å². The summed E-state index contributed by atoms with van der Waals surface area (Å²) in [6.45, 7) is 9.91. The molecule has 0 radical (unpaired) electrons. The van der Waals surface area contributed by atoms with Gasteiger partial charge in [0.1, 0.15) is 0 Å². The SMILES string of the molecule is CC(C)c1ccc(N2CN(C(C)C)c3ccccc32)cc1. The maximum Gasteiger partial charge on any atom is 0.0955 e. The van der Waals surface area contributed by atoms with Gasteiger partial charge in [-0.05, 0) is 49.6 Å². The van der Waals surface area contributed by atoms with Crippen LogP contribution < -0.4 is 9.80 Å². The van der Waals surface area contributed by atoms with Crippen molar-refractivity contribution in [2.45, 2.75) is 39.7 Å². The van der Waals surface area contributed by atoms with Crippen LogP contribution in [-0.4, -0.2) is 12.7 Å². The van der Waals surface area contributed by atoms with E-state index in [4.69, 9.17) is 0 Å². The van der Waals surface area contributed by atoms with Crippen molar-refractivity contribution in [3.63, 3.8) is 0 Å². The van der Waals surface area contributed by atoms with Gasteiger partial charge in [0.15, 0.2) is 0 Å². The molecule has 2 aromatic carbocycles. The lowest BCUT2D eigenvalue weighted by molar-refractivity contribution is 0.709. The van der Waals surface area contributed by atoms with Crippen molar-refractivity contribution in [1.29, 1.82) is 0 Å². The van der Waals surface area contributed by atoms with Gasteiger partial charge in [-0.2, -0.15) is 0 Å². The van der Waals surface area contributed by atoms with Gasteiger partial charge in [0.05, 0.1) is 18.0 Å². The molecule has 1 aliphatic heterocycles. The summed E-state index contributed by atoms with van der Waals surface area (Å²) in [4.78, 5) is 4.85. The third kappa shape index (κ3) is 2.51. The number of rotatable bonds is 3. The van der Waals surface area contributed by atoms with Gasteiger partial charge in [-0.1, -0.05) is 38.1 Å². The number of para-hydroxylation sites is 2. The zero-order valence-electron chi connectivity index (χ0n) is 13.4. The number of fused-ring (bicyclic) bond motifs is 1. The zero-order valence-corrected chi connectivity index (χ0v) is 13.4. The first-order valence-electron chi connectivity index (χ1n) is 7.81. The molecule has 1 aliphatic rings. The fourth-order valence-electron chi connectivity index (χ4n) is 2.94. The third-order valence-electron chi connectivity index (χ3n) is 4.27. The molecule has 21 heavy (non-hydrogen) atoms. The molecule has 3 rings (SSSR count). The molecule has 0 N–H and O–H groups in total. The van der Waals surface area contributed by atoms with E-state index in [9.17, 15) is 0 Å². The molecule has 2 aromatic rings. The molecule has 0 spiro atoms. The second-order valence-electron chi connectivity index (χ2n) is 6.37. The van der Waals surface area contributed by atoms with Crippen LogP contribution in [0.2, 0.25) is 0 Å². The molecule has 2 heteroatoms. The van der Waals surface area contributed by atoms with E-state index in [1.54, 1.807) is 0 Å². The number of anilines is 3. The minimum atomic E-state index is 0.506. The van der Waals surface area contributed by atoms with Crippen LogP contribution in [0.4, 0.5) is 17.1 Å². The zero-order chi connectivity index (χ0) is 15.0. The van der Waals surface area contributed by atoms with Crippen LogP contribution >= 0.6 is 0 Å². The molecule has 0 saturated heterocycles. The summed E-state index contributed by atoms with van der Waals surface area (Å²) in [5.41, 5.74) is 5.31. The van der Waals surface area contributed by atoms with E-state index in [1.165, 1.54) is 22.6 Å². The molecule has 1 heterocycles. The lowest BCUT2D eigenvalue weighted by Gasteiger charge is -2.25. The Balaban J connectivity index is 1.96. The monoisotopic (exact) mass is 280 g/mol. The largest absolute Gasteiger partial charge is 0.349 e. The first kappa shape index (κ1) is 14.0. The van der Waals surface area contributed by atoms with Gasteiger partial charge in [0, 0.05) is 11.7 Å². The van der Waals surface area contributed by atoms with Crippen molar-refractivity contribution in [2.75, 3.05) is 16.5 Å². The van der Waals surface area contributed by atoms with Crippen LogP contribution in [0.5, 0.6) is 0 Å². The Bertz CT molecular complexity index is 614. The number of hydrogen-bond acceptors (Lipinski definition) is 2. The Kier molecular flexibility index (Phi) is 3.62. The quantitative estimate of drug-likeness (QED) is 0.768. The van der Waals surface area contributed by atoms with Crippen molar-refractivity contribution < 1.29 is 0 Å². The number of nitrogens with zero attached hydrogens (tertiary/aromatic N) is 2. The second kappa shape index (κ2) is 5.44. The maximum atomic E-state index is 2.45. The molecule has 0 aliphatic carbocycles. The lowest BCUT2D eigenvalue weighted by atomic mass is 10.0. The van der Waals surface area contributed by atoms with E-state index in [-0.39, 0.29) is 0 Å². The van der Waals surface area contributed by atoms with Gasteiger partial charge in [-0.25, -0.2) is 0 Å². The van der Waals surface area contributed by atoms with E-state index >= 15 is 0 Å². The van der Waals surface area contributed by atoms with Crippen LogP contribution in [0.15, 0.2) is 48.5 Å². The summed E-state index contributed by atoms with van der Waals surface area (Å²) >= 11 is 0. The molecule has 0 bridgehead atoms. The molecule has 0 saturated carbocycles. The predicted octanol–water partition coefficient (Wildman–Crippen LogP) is 5.13. The smallest absolute Gasteiger partial charge is 0.0955 e. The summed E-state index contributed by atoms with van der Waals surface area (Å²) in [5.74, 6) is 0.581. The van der Waals surface area contributed by atoms with Crippen molar-refractivity contribution in [3.8, 4) is 0 Å². The summed E-state index contributed by atoms with van der Waals surface area (Å²) in [6, 6.07) is 18.2. The Morgan fingerprint density at radius 3 is 2.00 bits per heavy atom. The van der Waals surface area contributed by atoms with E-state index in [2.05, 4.69) is 86.0 Å². The van der Waals surface area contributed by atoms with Gasteiger partial charge >= 0.3 is 0 Å². The van der Waals surface area contributed by atoms with Crippen molar-refractivity contribution in [2.24, 2.45) is 0 Å².